The first kappa shape index (κ1) is 16.4. The molecule has 1 fully saturated rings. The molecule has 6 heteroatoms. The van der Waals surface area contributed by atoms with Crippen molar-refractivity contribution in [1.29, 1.82) is 0 Å². The van der Waals surface area contributed by atoms with E-state index in [0.717, 1.165) is 27.7 Å². The Kier molecular flexibility index (Phi) is 3.60. The number of rotatable bonds is 3. The Morgan fingerprint density at radius 3 is 2.56 bits per heavy atom. The quantitative estimate of drug-likeness (QED) is 0.784. The van der Waals surface area contributed by atoms with Gasteiger partial charge in [-0.05, 0) is 19.9 Å². The maximum absolute atomic E-state index is 13.4. The lowest BCUT2D eigenvalue weighted by Gasteiger charge is -2.41. The number of carbonyl (C=O) groups excluding carboxylic acids is 2. The lowest BCUT2D eigenvalue weighted by molar-refractivity contribution is 0.0754. The summed E-state index contributed by atoms with van der Waals surface area (Å²) in [5.41, 5.74) is 2.47. The fourth-order valence-corrected chi connectivity index (χ4v) is 5.10. The van der Waals surface area contributed by atoms with Crippen molar-refractivity contribution in [3.05, 3.63) is 45.4 Å². The molecule has 3 unspecified atom stereocenters. The molecule has 0 saturated heterocycles. The lowest BCUT2D eigenvalue weighted by Crippen LogP contribution is -2.64. The Bertz CT molecular complexity index is 891. The molecule has 3 atom stereocenters. The van der Waals surface area contributed by atoms with Crippen molar-refractivity contribution in [3.8, 4) is 0 Å². The first-order chi connectivity index (χ1) is 11.9. The molecule has 2 aromatic rings. The first-order valence-electron chi connectivity index (χ1n) is 8.59. The molecule has 1 aliphatic carbocycles. The highest BCUT2D eigenvalue weighted by atomic mass is 32.1. The van der Waals surface area contributed by atoms with Gasteiger partial charge in [0, 0.05) is 25.5 Å². The predicted octanol–water partition coefficient (Wildman–Crippen LogP) is 3.88. The van der Waals surface area contributed by atoms with Crippen LogP contribution in [0.2, 0.25) is 0 Å². The van der Waals surface area contributed by atoms with E-state index < -0.39 is 0 Å². The van der Waals surface area contributed by atoms with Crippen LogP contribution in [0, 0.1) is 19.8 Å². The normalized spacial score (nSPS) is 28.2. The van der Waals surface area contributed by atoms with Gasteiger partial charge in [-0.25, -0.2) is 14.7 Å². The Hall–Kier alpha value is -2.05. The molecule has 1 saturated carbocycles. The number of amides is 3. The van der Waals surface area contributed by atoms with E-state index in [2.05, 4.69) is 11.9 Å². The Balaban J connectivity index is 1.94. The third-order valence-corrected chi connectivity index (χ3v) is 6.58. The molecular weight excluding hydrogens is 334 g/mol. The summed E-state index contributed by atoms with van der Waals surface area (Å²) in [6.07, 6.45) is 0.999. The number of para-hydroxylation sites is 1. The highest BCUT2D eigenvalue weighted by molar-refractivity contribution is 7.11. The van der Waals surface area contributed by atoms with Crippen LogP contribution in [0.1, 0.15) is 39.3 Å². The average molecular weight is 356 g/mol. The molecule has 0 bridgehead atoms. The van der Waals surface area contributed by atoms with Crippen LogP contribution in [-0.2, 0) is 6.54 Å². The van der Waals surface area contributed by atoms with E-state index >= 15 is 0 Å². The van der Waals surface area contributed by atoms with Gasteiger partial charge in [0.1, 0.15) is 18.2 Å². The number of aryl methyl sites for hydroxylation is 2. The minimum absolute atomic E-state index is 0.122. The number of thiazole rings is 1. The summed E-state index contributed by atoms with van der Waals surface area (Å²) in [5.74, 6) is 0.257. The van der Waals surface area contributed by atoms with Crippen LogP contribution in [0.4, 0.5) is 10.5 Å². The standard InChI is InChI=1S/C19H22N3O2S/c1-11-9-16(11)22(10-17-12(2)20-13(3)25-17)15-8-6-5-7-14(15)18(23)21(4)19(22)24/h5-8,11,16H,9-10H2,1-4H3/q+1. The minimum atomic E-state index is -0.208. The zero-order valence-corrected chi connectivity index (χ0v) is 15.8. The number of fused-ring (bicyclic) bond motifs is 1. The third-order valence-electron chi connectivity index (χ3n) is 5.52. The van der Waals surface area contributed by atoms with Crippen LogP contribution in [0.25, 0.3) is 0 Å². The summed E-state index contributed by atoms with van der Waals surface area (Å²) in [7, 11) is 1.60. The molecule has 130 valence electrons. The summed E-state index contributed by atoms with van der Waals surface area (Å²) < 4.78 is 0.210. The van der Waals surface area contributed by atoms with E-state index in [-0.39, 0.29) is 22.5 Å². The van der Waals surface area contributed by atoms with E-state index in [1.165, 1.54) is 4.90 Å². The molecule has 1 aromatic heterocycles. The van der Waals surface area contributed by atoms with Crippen LogP contribution in [0.3, 0.4) is 0 Å². The molecule has 5 nitrogen and oxygen atoms in total. The molecule has 2 heterocycles. The fraction of sp³-hybridized carbons (Fsp3) is 0.421. The van der Waals surface area contributed by atoms with E-state index in [9.17, 15) is 9.59 Å². The van der Waals surface area contributed by atoms with Crippen LogP contribution in [0.15, 0.2) is 24.3 Å². The summed E-state index contributed by atoms with van der Waals surface area (Å²) in [6.45, 7) is 6.75. The van der Waals surface area contributed by atoms with E-state index in [4.69, 9.17) is 0 Å². The number of quaternary nitrogens is 1. The number of nitrogens with zero attached hydrogens (tertiary/aromatic N) is 3. The number of aromatic nitrogens is 1. The van der Waals surface area contributed by atoms with E-state index in [1.54, 1.807) is 18.4 Å². The molecular formula is C19H22N3O2S+. The largest absolute Gasteiger partial charge is 0.431 e. The van der Waals surface area contributed by atoms with Gasteiger partial charge in [-0.1, -0.05) is 19.1 Å². The summed E-state index contributed by atoms with van der Waals surface area (Å²) in [6, 6.07) is 7.68. The van der Waals surface area contributed by atoms with Gasteiger partial charge in [-0.3, -0.25) is 4.79 Å². The number of urea groups is 1. The summed E-state index contributed by atoms with van der Waals surface area (Å²) in [4.78, 5) is 33.0. The van der Waals surface area contributed by atoms with Crippen molar-refractivity contribution < 1.29 is 9.59 Å². The topological polar surface area (TPSA) is 50.3 Å². The monoisotopic (exact) mass is 356 g/mol. The van der Waals surface area contributed by atoms with Gasteiger partial charge in [0.2, 0.25) is 0 Å². The van der Waals surface area contributed by atoms with Crippen LogP contribution >= 0.6 is 11.3 Å². The molecule has 0 radical (unpaired) electrons. The highest BCUT2D eigenvalue weighted by Gasteiger charge is 2.62. The predicted molar refractivity (Wildman–Crippen MR) is 98.6 cm³/mol. The molecule has 3 amide bonds. The van der Waals surface area contributed by atoms with Crippen molar-refractivity contribution in [2.45, 2.75) is 39.8 Å². The van der Waals surface area contributed by atoms with Crippen molar-refractivity contribution >= 4 is 29.0 Å². The van der Waals surface area contributed by atoms with Crippen LogP contribution in [-0.4, -0.2) is 34.9 Å². The van der Waals surface area contributed by atoms with Crippen molar-refractivity contribution in [1.82, 2.24) is 14.4 Å². The number of benzene rings is 1. The van der Waals surface area contributed by atoms with Gasteiger partial charge in [0.15, 0.2) is 5.69 Å². The molecule has 2 aliphatic rings. The molecule has 4 rings (SSSR count). The van der Waals surface area contributed by atoms with Gasteiger partial charge < -0.3 is 0 Å². The van der Waals surface area contributed by atoms with Crippen LogP contribution < -0.4 is 4.48 Å². The summed E-state index contributed by atoms with van der Waals surface area (Å²) >= 11 is 1.65. The zero-order chi connectivity index (χ0) is 17.9. The molecule has 25 heavy (non-hydrogen) atoms. The van der Waals surface area contributed by atoms with Crippen LogP contribution in [0.5, 0.6) is 0 Å². The number of hydrogen-bond acceptors (Lipinski definition) is 4. The van der Waals surface area contributed by atoms with Crippen molar-refractivity contribution in [2.24, 2.45) is 5.92 Å². The Morgan fingerprint density at radius 2 is 1.96 bits per heavy atom. The van der Waals surface area contributed by atoms with Crippen molar-refractivity contribution in [3.63, 3.8) is 0 Å². The zero-order valence-electron chi connectivity index (χ0n) is 14.9. The van der Waals surface area contributed by atoms with Gasteiger partial charge in [0.25, 0.3) is 5.91 Å². The molecule has 1 aliphatic heterocycles. The number of imide groups is 1. The maximum atomic E-state index is 13.4. The molecule has 0 spiro atoms. The fourth-order valence-electron chi connectivity index (χ4n) is 4.09. The third kappa shape index (κ3) is 2.28. The van der Waals surface area contributed by atoms with Gasteiger partial charge in [0.05, 0.1) is 15.6 Å². The Morgan fingerprint density at radius 1 is 1.28 bits per heavy atom. The molecule has 0 N–H and O–H groups in total. The second-order valence-electron chi connectivity index (χ2n) is 7.21. The molecule has 1 aromatic carbocycles. The lowest BCUT2D eigenvalue weighted by atomic mass is 10.0. The van der Waals surface area contributed by atoms with Crippen molar-refractivity contribution in [2.75, 3.05) is 7.05 Å². The van der Waals surface area contributed by atoms with Gasteiger partial charge >= 0.3 is 6.03 Å². The number of carbonyl (C=O) groups is 2. The van der Waals surface area contributed by atoms with Gasteiger partial charge in [-0.15, -0.1) is 11.3 Å². The van der Waals surface area contributed by atoms with E-state index in [0.29, 0.717) is 18.0 Å². The number of hydrogen-bond donors (Lipinski definition) is 0. The first-order valence-corrected chi connectivity index (χ1v) is 9.40. The Labute approximate surface area is 151 Å². The second-order valence-corrected chi connectivity index (χ2v) is 8.50. The SMILES string of the molecule is Cc1nc(C)c(C[N+]2(C3CC3C)C(=O)N(C)C(=O)c3ccccc32)s1. The van der Waals surface area contributed by atoms with E-state index in [1.807, 2.05) is 38.1 Å². The highest BCUT2D eigenvalue weighted by Crippen LogP contribution is 2.49. The average Bonchev–Trinajstić information content (AvgIpc) is 3.24. The maximum Gasteiger partial charge on any atom is 0.431 e. The smallest absolute Gasteiger partial charge is 0.268 e. The second kappa shape index (κ2) is 5.47. The minimum Gasteiger partial charge on any atom is -0.268 e. The summed E-state index contributed by atoms with van der Waals surface area (Å²) in [5, 5.41) is 1.01. The van der Waals surface area contributed by atoms with Gasteiger partial charge in [-0.2, -0.15) is 4.48 Å².